The number of hydrogen-bond acceptors (Lipinski definition) is 3. The summed E-state index contributed by atoms with van der Waals surface area (Å²) in [5.74, 6) is 1.76. The molecule has 0 aromatic heterocycles. The fraction of sp³-hybridized carbons (Fsp3) is 0.278. The zero-order valence-corrected chi connectivity index (χ0v) is 12.8. The molecule has 0 unspecified atom stereocenters. The minimum atomic E-state index is -0.145. The summed E-state index contributed by atoms with van der Waals surface area (Å²) in [6.07, 6.45) is 0. The van der Waals surface area contributed by atoms with Crippen molar-refractivity contribution in [3.63, 3.8) is 0 Å². The van der Waals surface area contributed by atoms with Gasteiger partial charge < -0.3 is 14.8 Å². The molecule has 0 spiro atoms. The Morgan fingerprint density at radius 3 is 2.68 bits per heavy atom. The molecule has 114 valence electrons. The average molecular weight is 297 g/mol. The summed E-state index contributed by atoms with van der Waals surface area (Å²) in [5, 5.41) is 2.77. The Labute approximate surface area is 130 Å². The molecule has 2 aromatic rings. The van der Waals surface area contributed by atoms with Crippen LogP contribution in [0.3, 0.4) is 0 Å². The Balaban J connectivity index is 1.66. The third-order valence-corrected chi connectivity index (χ3v) is 3.64. The molecule has 1 heterocycles. The first-order chi connectivity index (χ1) is 10.6. The van der Waals surface area contributed by atoms with Crippen molar-refractivity contribution >= 4 is 11.6 Å². The molecule has 0 atom stereocenters. The first kappa shape index (κ1) is 14.4. The SMILES string of the molecule is CC(C)c1ccc(COc2ccc3c(c2)NC(=O)CO3)cc1. The highest BCUT2D eigenvalue weighted by Gasteiger charge is 2.16. The molecule has 3 rings (SSSR count). The van der Waals surface area contributed by atoms with Crippen LogP contribution in [0.2, 0.25) is 0 Å². The van der Waals surface area contributed by atoms with E-state index in [1.807, 2.05) is 12.1 Å². The largest absolute Gasteiger partial charge is 0.489 e. The van der Waals surface area contributed by atoms with Gasteiger partial charge in [0.2, 0.25) is 0 Å². The third-order valence-electron chi connectivity index (χ3n) is 3.64. The van der Waals surface area contributed by atoms with Crippen molar-refractivity contribution in [2.45, 2.75) is 26.4 Å². The maximum Gasteiger partial charge on any atom is 0.262 e. The van der Waals surface area contributed by atoms with Crippen LogP contribution in [0.15, 0.2) is 42.5 Å². The molecular weight excluding hydrogens is 278 g/mol. The Morgan fingerprint density at radius 1 is 1.18 bits per heavy atom. The van der Waals surface area contributed by atoms with Gasteiger partial charge in [-0.15, -0.1) is 0 Å². The van der Waals surface area contributed by atoms with Gasteiger partial charge in [-0.3, -0.25) is 4.79 Å². The second-order valence-corrected chi connectivity index (χ2v) is 5.68. The first-order valence-electron chi connectivity index (χ1n) is 7.40. The van der Waals surface area contributed by atoms with E-state index in [9.17, 15) is 4.79 Å². The number of carbonyl (C=O) groups excluding carboxylic acids is 1. The van der Waals surface area contributed by atoms with E-state index in [0.717, 1.165) is 5.56 Å². The quantitative estimate of drug-likeness (QED) is 0.935. The van der Waals surface area contributed by atoms with Gasteiger partial charge in [0.1, 0.15) is 18.1 Å². The molecule has 1 N–H and O–H groups in total. The number of carbonyl (C=O) groups is 1. The highest BCUT2D eigenvalue weighted by molar-refractivity contribution is 5.95. The van der Waals surface area contributed by atoms with Crippen LogP contribution in [-0.2, 0) is 11.4 Å². The van der Waals surface area contributed by atoms with Gasteiger partial charge in [0, 0.05) is 6.07 Å². The summed E-state index contributed by atoms with van der Waals surface area (Å²) in [6.45, 7) is 4.91. The molecule has 0 aliphatic carbocycles. The summed E-state index contributed by atoms with van der Waals surface area (Å²) in [5.41, 5.74) is 3.09. The van der Waals surface area contributed by atoms with E-state index in [0.29, 0.717) is 29.7 Å². The molecule has 1 aliphatic heterocycles. The summed E-state index contributed by atoms with van der Waals surface area (Å²) in [4.78, 5) is 11.3. The Kier molecular flexibility index (Phi) is 4.00. The van der Waals surface area contributed by atoms with Crippen LogP contribution in [0.5, 0.6) is 11.5 Å². The van der Waals surface area contributed by atoms with Crippen LogP contribution < -0.4 is 14.8 Å². The smallest absolute Gasteiger partial charge is 0.262 e. The minimum Gasteiger partial charge on any atom is -0.489 e. The third kappa shape index (κ3) is 3.22. The zero-order chi connectivity index (χ0) is 15.5. The molecular formula is C18H19NO3. The number of anilines is 1. The van der Waals surface area contributed by atoms with Crippen molar-refractivity contribution in [3.8, 4) is 11.5 Å². The number of hydrogen-bond donors (Lipinski definition) is 1. The van der Waals surface area contributed by atoms with E-state index in [4.69, 9.17) is 9.47 Å². The lowest BCUT2D eigenvalue weighted by Crippen LogP contribution is -2.25. The highest BCUT2D eigenvalue weighted by Crippen LogP contribution is 2.31. The van der Waals surface area contributed by atoms with Gasteiger partial charge in [-0.1, -0.05) is 38.1 Å². The van der Waals surface area contributed by atoms with E-state index in [1.54, 1.807) is 6.07 Å². The van der Waals surface area contributed by atoms with Gasteiger partial charge in [-0.25, -0.2) is 0 Å². The standard InChI is InChI=1S/C18H19NO3/c1-12(2)14-5-3-13(4-6-14)10-21-15-7-8-17-16(9-15)19-18(20)11-22-17/h3-9,12H,10-11H2,1-2H3,(H,19,20). The highest BCUT2D eigenvalue weighted by atomic mass is 16.5. The second kappa shape index (κ2) is 6.10. The molecule has 22 heavy (non-hydrogen) atoms. The van der Waals surface area contributed by atoms with Crippen molar-refractivity contribution in [1.29, 1.82) is 0 Å². The lowest BCUT2D eigenvalue weighted by Gasteiger charge is -2.18. The average Bonchev–Trinajstić information content (AvgIpc) is 2.53. The Hall–Kier alpha value is -2.49. The lowest BCUT2D eigenvalue weighted by atomic mass is 10.0. The van der Waals surface area contributed by atoms with Gasteiger partial charge in [0.15, 0.2) is 6.61 Å². The van der Waals surface area contributed by atoms with Crippen molar-refractivity contribution in [3.05, 3.63) is 53.6 Å². The molecule has 4 nitrogen and oxygen atoms in total. The summed E-state index contributed by atoms with van der Waals surface area (Å²) < 4.78 is 11.1. The van der Waals surface area contributed by atoms with Gasteiger partial charge >= 0.3 is 0 Å². The van der Waals surface area contributed by atoms with Crippen LogP contribution in [0.1, 0.15) is 30.9 Å². The Bertz CT molecular complexity index is 677. The lowest BCUT2D eigenvalue weighted by molar-refractivity contribution is -0.118. The maximum absolute atomic E-state index is 11.3. The molecule has 0 saturated heterocycles. The van der Waals surface area contributed by atoms with Crippen LogP contribution in [-0.4, -0.2) is 12.5 Å². The monoisotopic (exact) mass is 297 g/mol. The molecule has 1 aliphatic rings. The number of benzene rings is 2. The van der Waals surface area contributed by atoms with Crippen LogP contribution in [0.25, 0.3) is 0 Å². The molecule has 0 saturated carbocycles. The zero-order valence-electron chi connectivity index (χ0n) is 12.8. The van der Waals surface area contributed by atoms with Crippen LogP contribution in [0.4, 0.5) is 5.69 Å². The number of rotatable bonds is 4. The Morgan fingerprint density at radius 2 is 1.95 bits per heavy atom. The van der Waals surface area contributed by atoms with Gasteiger partial charge in [-0.05, 0) is 29.2 Å². The molecule has 1 amide bonds. The molecule has 0 radical (unpaired) electrons. The van der Waals surface area contributed by atoms with Gasteiger partial charge in [0.25, 0.3) is 5.91 Å². The fourth-order valence-corrected chi connectivity index (χ4v) is 2.32. The number of nitrogens with one attached hydrogen (secondary N) is 1. The van der Waals surface area contributed by atoms with Crippen molar-refractivity contribution < 1.29 is 14.3 Å². The van der Waals surface area contributed by atoms with E-state index < -0.39 is 0 Å². The van der Waals surface area contributed by atoms with E-state index in [1.165, 1.54) is 5.56 Å². The predicted molar refractivity (Wildman–Crippen MR) is 85.4 cm³/mol. The fourth-order valence-electron chi connectivity index (χ4n) is 2.32. The number of fused-ring (bicyclic) bond motifs is 1. The number of ether oxygens (including phenoxy) is 2. The topological polar surface area (TPSA) is 47.6 Å². The predicted octanol–water partition coefficient (Wildman–Crippen LogP) is 3.72. The molecule has 4 heteroatoms. The normalized spacial score (nSPS) is 13.3. The van der Waals surface area contributed by atoms with Crippen LogP contribution >= 0.6 is 0 Å². The van der Waals surface area contributed by atoms with E-state index in [2.05, 4.69) is 43.4 Å². The van der Waals surface area contributed by atoms with Crippen molar-refractivity contribution in [1.82, 2.24) is 0 Å². The summed E-state index contributed by atoms with van der Waals surface area (Å²) in [7, 11) is 0. The van der Waals surface area contributed by atoms with Crippen LogP contribution in [0, 0.1) is 0 Å². The summed E-state index contributed by atoms with van der Waals surface area (Å²) in [6, 6.07) is 13.9. The minimum absolute atomic E-state index is 0.0649. The second-order valence-electron chi connectivity index (χ2n) is 5.68. The van der Waals surface area contributed by atoms with Gasteiger partial charge in [-0.2, -0.15) is 0 Å². The van der Waals surface area contributed by atoms with E-state index >= 15 is 0 Å². The van der Waals surface area contributed by atoms with Crippen molar-refractivity contribution in [2.24, 2.45) is 0 Å². The van der Waals surface area contributed by atoms with Crippen molar-refractivity contribution in [2.75, 3.05) is 11.9 Å². The maximum atomic E-state index is 11.3. The number of amides is 1. The van der Waals surface area contributed by atoms with Gasteiger partial charge in [0.05, 0.1) is 5.69 Å². The molecule has 2 aromatic carbocycles. The first-order valence-corrected chi connectivity index (χ1v) is 7.40. The molecule has 0 bridgehead atoms. The molecule has 0 fully saturated rings. The van der Waals surface area contributed by atoms with E-state index in [-0.39, 0.29) is 12.5 Å². The summed E-state index contributed by atoms with van der Waals surface area (Å²) >= 11 is 0.